The van der Waals surface area contributed by atoms with E-state index in [0.29, 0.717) is 5.69 Å². The Balaban J connectivity index is 2.66. The number of hydrogen-bond acceptors (Lipinski definition) is 2. The van der Waals surface area contributed by atoms with Gasteiger partial charge in [-0.25, -0.2) is 0 Å². The van der Waals surface area contributed by atoms with Gasteiger partial charge in [0.15, 0.2) is 4.98 Å². The summed E-state index contributed by atoms with van der Waals surface area (Å²) in [5.74, 6) is 0. The Kier molecular flexibility index (Phi) is 4.15. The van der Waals surface area contributed by atoms with E-state index < -0.39 is 0 Å². The maximum absolute atomic E-state index is 9.24. The molecule has 0 aliphatic heterocycles. The quantitative estimate of drug-likeness (QED) is 0.739. The Morgan fingerprint density at radius 2 is 1.63 bits per heavy atom. The molecule has 0 bridgehead atoms. The van der Waals surface area contributed by atoms with Crippen molar-refractivity contribution in [3.8, 4) is 11.1 Å². The zero-order chi connectivity index (χ0) is 13.7. The van der Waals surface area contributed by atoms with E-state index in [1.165, 1.54) is 0 Å². The number of rotatable bonds is 4. The van der Waals surface area contributed by atoms with E-state index in [4.69, 9.17) is 0 Å². The van der Waals surface area contributed by atoms with Gasteiger partial charge in [-0.2, -0.15) is 0 Å². The Hall–Kier alpha value is -2.34. The van der Waals surface area contributed by atoms with Crippen LogP contribution in [0.25, 0.3) is 16.1 Å². The highest BCUT2D eigenvalue weighted by Gasteiger charge is 2.21. The molecule has 0 radical (unpaired) electrons. The summed E-state index contributed by atoms with van der Waals surface area (Å²) in [7, 11) is 0. The molecule has 0 N–H and O–H groups in total. The summed E-state index contributed by atoms with van der Waals surface area (Å²) in [4.78, 5) is 5.69. The van der Waals surface area contributed by atoms with Gasteiger partial charge in [0.05, 0.1) is 5.69 Å². The molecule has 2 rings (SSSR count). The van der Waals surface area contributed by atoms with Gasteiger partial charge in [-0.15, -0.1) is 0 Å². The molecule has 0 atom stereocenters. The maximum atomic E-state index is 9.24. The van der Waals surface area contributed by atoms with E-state index in [1.54, 1.807) is 0 Å². The number of benzene rings is 2. The van der Waals surface area contributed by atoms with Crippen molar-refractivity contribution < 1.29 is 0 Å². The zero-order valence-corrected chi connectivity index (χ0v) is 11.4. The predicted molar refractivity (Wildman–Crippen MR) is 80.2 cm³/mol. The van der Waals surface area contributed by atoms with Gasteiger partial charge in [0.1, 0.15) is 5.56 Å². The Labute approximate surface area is 114 Å². The first kappa shape index (κ1) is 13.1. The molecule has 0 unspecified atom stereocenters. The molecule has 0 aliphatic carbocycles. The Morgan fingerprint density at radius 1 is 0.947 bits per heavy atom. The maximum Gasteiger partial charge on any atom is 0.394 e. The van der Waals surface area contributed by atoms with E-state index in [1.807, 2.05) is 42.5 Å². The van der Waals surface area contributed by atoms with Crippen molar-refractivity contribution in [1.82, 2.24) is 0 Å². The minimum absolute atomic E-state index is 0.607. The van der Waals surface area contributed by atoms with Gasteiger partial charge >= 0.3 is 5.69 Å². The normalized spacial score (nSPS) is 9.95. The molecule has 0 fully saturated rings. The van der Waals surface area contributed by atoms with Gasteiger partial charge in [-0.1, -0.05) is 36.4 Å². The SMILES string of the molecule is CCN(CC)c1cccc([N+]#N)c1-c1ccccc1. The molecule has 0 aliphatic rings. The lowest BCUT2D eigenvalue weighted by Gasteiger charge is -2.23. The molecule has 0 heterocycles. The molecular formula is C16H18N3+. The molecule has 3 heteroatoms. The molecule has 3 nitrogen and oxygen atoms in total. The van der Waals surface area contributed by atoms with Crippen molar-refractivity contribution in [2.45, 2.75) is 13.8 Å². The predicted octanol–water partition coefficient (Wildman–Crippen LogP) is 4.68. The van der Waals surface area contributed by atoms with Crippen LogP contribution in [0.3, 0.4) is 0 Å². The zero-order valence-electron chi connectivity index (χ0n) is 11.4. The van der Waals surface area contributed by atoms with Crippen molar-refractivity contribution in [3.05, 3.63) is 53.5 Å². The fourth-order valence-corrected chi connectivity index (χ4v) is 2.34. The third-order valence-electron chi connectivity index (χ3n) is 3.29. The van der Waals surface area contributed by atoms with Gasteiger partial charge in [-0.3, -0.25) is 0 Å². The van der Waals surface area contributed by atoms with Crippen LogP contribution < -0.4 is 4.90 Å². The van der Waals surface area contributed by atoms with Crippen LogP contribution >= 0.6 is 0 Å². The van der Waals surface area contributed by atoms with Crippen molar-refractivity contribution in [1.29, 1.82) is 5.39 Å². The highest BCUT2D eigenvalue weighted by molar-refractivity contribution is 5.89. The fraction of sp³-hybridized carbons (Fsp3) is 0.250. The van der Waals surface area contributed by atoms with Crippen LogP contribution in [0, 0.1) is 5.39 Å². The molecule has 2 aromatic carbocycles. The molecule has 0 spiro atoms. The first-order valence-electron chi connectivity index (χ1n) is 6.60. The molecule has 19 heavy (non-hydrogen) atoms. The van der Waals surface area contributed by atoms with E-state index in [0.717, 1.165) is 29.9 Å². The summed E-state index contributed by atoms with van der Waals surface area (Å²) >= 11 is 0. The molecule has 96 valence electrons. The van der Waals surface area contributed by atoms with Crippen molar-refractivity contribution in [2.75, 3.05) is 18.0 Å². The van der Waals surface area contributed by atoms with Crippen molar-refractivity contribution >= 4 is 11.4 Å². The summed E-state index contributed by atoms with van der Waals surface area (Å²) in [6.07, 6.45) is 0. The smallest absolute Gasteiger partial charge is 0.371 e. The summed E-state index contributed by atoms with van der Waals surface area (Å²) in [5, 5.41) is 9.24. The lowest BCUT2D eigenvalue weighted by Crippen LogP contribution is -2.22. The minimum Gasteiger partial charge on any atom is -0.371 e. The average molecular weight is 252 g/mol. The van der Waals surface area contributed by atoms with Gasteiger partial charge in [0.25, 0.3) is 0 Å². The number of nitrogens with zero attached hydrogens (tertiary/aromatic N) is 3. The van der Waals surface area contributed by atoms with Crippen LogP contribution in [0.15, 0.2) is 48.5 Å². The fourth-order valence-electron chi connectivity index (χ4n) is 2.34. The summed E-state index contributed by atoms with van der Waals surface area (Å²) in [6.45, 7) is 6.10. The standard InChI is InChI=1S/C16H18N3/c1-3-19(4-2)15-12-8-11-14(18-17)16(15)13-9-6-5-7-10-13/h5-12H,3-4H2,1-2H3/q+1. The van der Waals surface area contributed by atoms with Crippen molar-refractivity contribution in [3.63, 3.8) is 0 Å². The lowest BCUT2D eigenvalue weighted by molar-refractivity contribution is 0.868. The van der Waals surface area contributed by atoms with Gasteiger partial charge in [0.2, 0.25) is 5.39 Å². The van der Waals surface area contributed by atoms with E-state index in [2.05, 4.69) is 29.8 Å². The van der Waals surface area contributed by atoms with E-state index in [-0.39, 0.29) is 0 Å². The Morgan fingerprint density at radius 3 is 2.21 bits per heavy atom. The molecule has 0 saturated carbocycles. The highest BCUT2D eigenvalue weighted by atomic mass is 15.1. The first-order valence-corrected chi connectivity index (χ1v) is 6.60. The summed E-state index contributed by atoms with van der Waals surface area (Å²) in [6, 6.07) is 15.9. The number of anilines is 1. The minimum atomic E-state index is 0.607. The van der Waals surface area contributed by atoms with E-state index >= 15 is 0 Å². The Bertz CT molecular complexity index is 581. The van der Waals surface area contributed by atoms with Crippen LogP contribution in [0.4, 0.5) is 11.4 Å². The van der Waals surface area contributed by atoms with Gasteiger partial charge in [-0.05, 0) is 25.5 Å². The van der Waals surface area contributed by atoms with Crippen LogP contribution in [0.1, 0.15) is 13.8 Å². The molecule has 0 aromatic heterocycles. The third-order valence-corrected chi connectivity index (χ3v) is 3.29. The monoisotopic (exact) mass is 252 g/mol. The second-order valence-corrected chi connectivity index (χ2v) is 4.31. The van der Waals surface area contributed by atoms with Crippen LogP contribution in [-0.2, 0) is 0 Å². The average Bonchev–Trinajstić information content (AvgIpc) is 2.49. The third kappa shape index (κ3) is 2.58. The summed E-state index contributed by atoms with van der Waals surface area (Å²) < 4.78 is 0. The van der Waals surface area contributed by atoms with Crippen molar-refractivity contribution in [2.24, 2.45) is 0 Å². The number of hydrogen-bond donors (Lipinski definition) is 0. The highest BCUT2D eigenvalue weighted by Crippen LogP contribution is 2.38. The van der Waals surface area contributed by atoms with Crippen LogP contribution in [0.5, 0.6) is 0 Å². The van der Waals surface area contributed by atoms with Crippen LogP contribution in [0.2, 0.25) is 0 Å². The van der Waals surface area contributed by atoms with Gasteiger partial charge < -0.3 is 4.90 Å². The van der Waals surface area contributed by atoms with Crippen LogP contribution in [-0.4, -0.2) is 13.1 Å². The lowest BCUT2D eigenvalue weighted by atomic mass is 10.0. The van der Waals surface area contributed by atoms with Gasteiger partial charge in [0, 0.05) is 19.2 Å². The molecule has 2 aromatic rings. The second-order valence-electron chi connectivity index (χ2n) is 4.31. The number of diazo groups is 1. The molecule has 0 amide bonds. The first-order chi connectivity index (χ1) is 9.31. The molecule has 0 saturated heterocycles. The van der Waals surface area contributed by atoms with E-state index in [9.17, 15) is 5.39 Å². The largest absolute Gasteiger partial charge is 0.394 e. The second kappa shape index (κ2) is 6.01. The topological polar surface area (TPSA) is 31.4 Å². The summed E-state index contributed by atoms with van der Waals surface area (Å²) in [5.41, 5.74) is 3.76. The molecular weight excluding hydrogens is 234 g/mol.